The summed E-state index contributed by atoms with van der Waals surface area (Å²) in [5, 5.41) is 7.37. The van der Waals surface area contributed by atoms with Crippen LogP contribution in [0.2, 0.25) is 0 Å². The fourth-order valence-corrected chi connectivity index (χ4v) is 2.78. The van der Waals surface area contributed by atoms with Crippen LogP contribution in [-0.2, 0) is 0 Å². The first-order valence-electron chi connectivity index (χ1n) is 5.49. The Morgan fingerprint density at radius 2 is 2.00 bits per heavy atom. The van der Waals surface area contributed by atoms with Crippen LogP contribution in [0.4, 0.5) is 11.6 Å². The molecule has 1 unspecified atom stereocenters. The minimum absolute atomic E-state index is 0.111. The van der Waals surface area contributed by atoms with Crippen LogP contribution in [0.3, 0.4) is 0 Å². The van der Waals surface area contributed by atoms with Gasteiger partial charge in [-0.3, -0.25) is 0 Å². The fraction of sp³-hybridized carbons (Fsp3) is 0.364. The number of rotatable bonds is 4. The highest BCUT2D eigenvalue weighted by molar-refractivity contribution is 9.10. The summed E-state index contributed by atoms with van der Waals surface area (Å²) in [6.45, 7) is 4.11. The van der Waals surface area contributed by atoms with E-state index in [0.29, 0.717) is 0 Å². The van der Waals surface area contributed by atoms with E-state index in [1.54, 1.807) is 11.3 Å². The molecule has 0 amide bonds. The van der Waals surface area contributed by atoms with E-state index in [4.69, 9.17) is 0 Å². The van der Waals surface area contributed by atoms with Crippen molar-refractivity contribution in [3.05, 3.63) is 26.9 Å². The Labute approximate surface area is 118 Å². The van der Waals surface area contributed by atoms with E-state index in [0.717, 1.165) is 21.1 Å². The number of anilines is 2. The maximum atomic E-state index is 4.37. The number of nitrogens with one attached hydrogen (secondary N) is 2. The minimum Gasteiger partial charge on any atom is -0.372 e. The van der Waals surface area contributed by atoms with Crippen molar-refractivity contribution in [3.8, 4) is 0 Å². The molecule has 0 spiro atoms. The molecule has 0 aromatic carbocycles. The van der Waals surface area contributed by atoms with Gasteiger partial charge in [-0.2, -0.15) is 0 Å². The van der Waals surface area contributed by atoms with Crippen molar-refractivity contribution in [2.75, 3.05) is 17.7 Å². The summed E-state index contributed by atoms with van der Waals surface area (Å²) >= 11 is 5.16. The van der Waals surface area contributed by atoms with Crippen LogP contribution < -0.4 is 10.6 Å². The Balaban J connectivity index is 2.19. The van der Waals surface area contributed by atoms with Gasteiger partial charge in [0, 0.05) is 18.1 Å². The highest BCUT2D eigenvalue weighted by atomic mass is 79.9. The van der Waals surface area contributed by atoms with E-state index in [2.05, 4.69) is 48.4 Å². The first kappa shape index (κ1) is 13.2. The average Bonchev–Trinajstić information content (AvgIpc) is 2.78. The van der Waals surface area contributed by atoms with Crippen molar-refractivity contribution in [3.63, 3.8) is 0 Å². The summed E-state index contributed by atoms with van der Waals surface area (Å²) < 4.78 is 0.827. The largest absolute Gasteiger partial charge is 0.372 e. The zero-order chi connectivity index (χ0) is 13.1. The van der Waals surface area contributed by atoms with Crippen molar-refractivity contribution >= 4 is 38.9 Å². The predicted octanol–water partition coefficient (Wildman–Crippen LogP) is 3.22. The number of thiazole rings is 1. The van der Waals surface area contributed by atoms with Gasteiger partial charge >= 0.3 is 0 Å². The molecule has 0 radical (unpaired) electrons. The normalized spacial score (nSPS) is 12.2. The van der Waals surface area contributed by atoms with Gasteiger partial charge in [-0.05, 0) is 29.8 Å². The number of hydrogen-bond acceptors (Lipinski definition) is 6. The van der Waals surface area contributed by atoms with Crippen LogP contribution in [0.25, 0.3) is 0 Å². The topological polar surface area (TPSA) is 62.7 Å². The molecule has 5 nitrogen and oxygen atoms in total. The smallest absolute Gasteiger partial charge is 0.146 e. The Bertz CT molecular complexity index is 542. The molecule has 0 saturated heterocycles. The van der Waals surface area contributed by atoms with E-state index in [1.807, 2.05) is 20.2 Å². The number of nitrogens with zero attached hydrogens (tertiary/aromatic N) is 3. The minimum atomic E-state index is 0.111. The molecular weight excluding hydrogens is 314 g/mol. The molecule has 2 N–H and O–H groups in total. The predicted molar refractivity (Wildman–Crippen MR) is 78.2 cm³/mol. The van der Waals surface area contributed by atoms with Crippen LogP contribution in [-0.4, -0.2) is 22.0 Å². The monoisotopic (exact) mass is 327 g/mol. The quantitative estimate of drug-likeness (QED) is 0.902. The number of aryl methyl sites for hydroxylation is 1. The first-order valence-corrected chi connectivity index (χ1v) is 7.10. The van der Waals surface area contributed by atoms with Gasteiger partial charge in [0.15, 0.2) is 0 Å². The molecule has 96 valence electrons. The number of halogens is 1. The van der Waals surface area contributed by atoms with E-state index in [9.17, 15) is 0 Å². The van der Waals surface area contributed by atoms with Crippen molar-refractivity contribution in [1.29, 1.82) is 0 Å². The maximum absolute atomic E-state index is 4.37. The molecule has 1 atom stereocenters. The lowest BCUT2D eigenvalue weighted by molar-refractivity contribution is 0.856. The summed E-state index contributed by atoms with van der Waals surface area (Å²) in [5.41, 5.74) is 0. The second-order valence-electron chi connectivity index (χ2n) is 3.81. The van der Waals surface area contributed by atoms with Crippen molar-refractivity contribution < 1.29 is 0 Å². The van der Waals surface area contributed by atoms with E-state index >= 15 is 0 Å². The molecule has 0 aliphatic carbocycles. The molecule has 7 heteroatoms. The molecule has 0 fully saturated rings. The van der Waals surface area contributed by atoms with Crippen LogP contribution >= 0.6 is 27.3 Å². The third kappa shape index (κ3) is 2.78. The molecule has 2 aromatic heterocycles. The molecule has 0 bridgehead atoms. The van der Waals surface area contributed by atoms with Gasteiger partial charge in [0.05, 0.1) is 6.04 Å². The maximum Gasteiger partial charge on any atom is 0.146 e. The van der Waals surface area contributed by atoms with Crippen LogP contribution in [0, 0.1) is 6.92 Å². The zero-order valence-electron chi connectivity index (χ0n) is 10.4. The van der Waals surface area contributed by atoms with E-state index in [-0.39, 0.29) is 6.04 Å². The lowest BCUT2D eigenvalue weighted by Gasteiger charge is -2.14. The average molecular weight is 328 g/mol. The second-order valence-corrected chi connectivity index (χ2v) is 5.87. The third-order valence-electron chi connectivity index (χ3n) is 2.39. The molecule has 18 heavy (non-hydrogen) atoms. The van der Waals surface area contributed by atoms with Crippen molar-refractivity contribution in [2.24, 2.45) is 0 Å². The number of aromatic nitrogens is 3. The Kier molecular flexibility index (Phi) is 4.13. The van der Waals surface area contributed by atoms with Gasteiger partial charge in [0.2, 0.25) is 0 Å². The third-order valence-corrected chi connectivity index (χ3v) is 4.24. The van der Waals surface area contributed by atoms with Gasteiger partial charge in [-0.25, -0.2) is 15.0 Å². The van der Waals surface area contributed by atoms with Gasteiger partial charge < -0.3 is 10.6 Å². The Morgan fingerprint density at radius 3 is 2.61 bits per heavy atom. The summed E-state index contributed by atoms with van der Waals surface area (Å²) in [6, 6.07) is 0.111. The highest BCUT2D eigenvalue weighted by Gasteiger charge is 2.13. The Hall–Kier alpha value is -1.21. The number of hydrogen-bond donors (Lipinski definition) is 2. The van der Waals surface area contributed by atoms with Crippen molar-refractivity contribution in [2.45, 2.75) is 19.9 Å². The van der Waals surface area contributed by atoms with E-state index < -0.39 is 0 Å². The molecule has 0 aliphatic heterocycles. The van der Waals surface area contributed by atoms with Gasteiger partial charge in [-0.15, -0.1) is 11.3 Å². The molecule has 0 aliphatic rings. The lowest BCUT2D eigenvalue weighted by atomic mass is 10.3. The van der Waals surface area contributed by atoms with Crippen molar-refractivity contribution in [1.82, 2.24) is 15.0 Å². The lowest BCUT2D eigenvalue weighted by Crippen LogP contribution is -2.09. The van der Waals surface area contributed by atoms with Gasteiger partial charge in [0.25, 0.3) is 0 Å². The van der Waals surface area contributed by atoms with E-state index in [1.165, 1.54) is 11.2 Å². The molecule has 2 rings (SSSR count). The van der Waals surface area contributed by atoms with Crippen LogP contribution in [0.5, 0.6) is 0 Å². The molecule has 2 aromatic rings. The van der Waals surface area contributed by atoms with Gasteiger partial charge in [-0.1, -0.05) is 0 Å². The molecular formula is C11H14BrN5S. The summed E-state index contributed by atoms with van der Waals surface area (Å²) in [5.74, 6) is 1.52. The van der Waals surface area contributed by atoms with Crippen LogP contribution in [0.1, 0.15) is 22.9 Å². The standard InChI is InChI=1S/C11H14BrN5S/c1-6-4-14-11(18-6)7(2)17-10-8(12)9(13-3)15-5-16-10/h4-5,7H,1-3H3,(H2,13,15,16,17). The second kappa shape index (κ2) is 5.62. The summed E-state index contributed by atoms with van der Waals surface area (Å²) in [4.78, 5) is 13.9. The molecule has 2 heterocycles. The first-order chi connectivity index (χ1) is 8.61. The fourth-order valence-electron chi connectivity index (χ4n) is 1.48. The van der Waals surface area contributed by atoms with Crippen LogP contribution in [0.15, 0.2) is 17.0 Å². The van der Waals surface area contributed by atoms with Gasteiger partial charge in [0.1, 0.15) is 27.4 Å². The summed E-state index contributed by atoms with van der Waals surface area (Å²) in [6.07, 6.45) is 3.41. The summed E-state index contributed by atoms with van der Waals surface area (Å²) in [7, 11) is 1.82. The Morgan fingerprint density at radius 1 is 1.28 bits per heavy atom. The molecule has 0 saturated carbocycles. The zero-order valence-corrected chi connectivity index (χ0v) is 12.8. The highest BCUT2D eigenvalue weighted by Crippen LogP contribution is 2.29. The SMILES string of the molecule is CNc1ncnc(NC(C)c2ncc(C)s2)c1Br.